The van der Waals surface area contributed by atoms with Crippen molar-refractivity contribution in [1.82, 2.24) is 4.90 Å². The SMILES string of the molecule is CN1C(=O)[C@@H](c2ccc(C3(C#N)CC3)cc2)[C@@](C)(c2cccc(OC(F)(F)F)c2)N=C1N. The zero-order valence-electron chi connectivity index (χ0n) is 17.5. The normalized spacial score (nSPS) is 24.5. The van der Waals surface area contributed by atoms with E-state index >= 15 is 0 Å². The van der Waals surface area contributed by atoms with Crippen LogP contribution in [0.4, 0.5) is 13.2 Å². The number of rotatable bonds is 4. The van der Waals surface area contributed by atoms with Crippen LogP contribution in [-0.2, 0) is 15.7 Å². The summed E-state index contributed by atoms with van der Waals surface area (Å²) in [7, 11) is 1.50. The molecule has 0 spiro atoms. The molecular weight excluding hydrogens is 421 g/mol. The van der Waals surface area contributed by atoms with Gasteiger partial charge in [-0.05, 0) is 48.6 Å². The third-order valence-corrected chi connectivity index (χ3v) is 6.24. The maximum absolute atomic E-state index is 13.3. The highest BCUT2D eigenvalue weighted by Gasteiger charge is 2.48. The van der Waals surface area contributed by atoms with Crippen LogP contribution in [0.1, 0.15) is 42.4 Å². The van der Waals surface area contributed by atoms with Gasteiger partial charge in [-0.1, -0.05) is 36.4 Å². The van der Waals surface area contributed by atoms with E-state index in [2.05, 4.69) is 15.8 Å². The number of hydrogen-bond donors (Lipinski definition) is 1. The number of benzene rings is 2. The van der Waals surface area contributed by atoms with Gasteiger partial charge in [-0.3, -0.25) is 9.69 Å². The molecule has 1 heterocycles. The summed E-state index contributed by atoms with van der Waals surface area (Å²) < 4.78 is 42.3. The Morgan fingerprint density at radius 2 is 1.84 bits per heavy atom. The van der Waals surface area contributed by atoms with E-state index in [1.54, 1.807) is 25.1 Å². The van der Waals surface area contributed by atoms with Gasteiger partial charge in [0, 0.05) is 7.05 Å². The van der Waals surface area contributed by atoms with Crippen LogP contribution in [0.2, 0.25) is 0 Å². The second-order valence-corrected chi connectivity index (χ2v) is 8.34. The summed E-state index contributed by atoms with van der Waals surface area (Å²) >= 11 is 0. The quantitative estimate of drug-likeness (QED) is 0.777. The second kappa shape index (κ2) is 7.26. The minimum Gasteiger partial charge on any atom is -0.406 e. The molecule has 0 unspecified atom stereocenters. The first-order valence-corrected chi connectivity index (χ1v) is 10.00. The van der Waals surface area contributed by atoms with Gasteiger partial charge in [-0.25, -0.2) is 4.99 Å². The topological polar surface area (TPSA) is 91.7 Å². The van der Waals surface area contributed by atoms with Crippen LogP contribution in [0.3, 0.4) is 0 Å². The number of nitriles is 1. The maximum atomic E-state index is 13.3. The number of nitrogens with two attached hydrogens (primary N) is 1. The summed E-state index contributed by atoms with van der Waals surface area (Å²) in [6, 6.07) is 14.9. The molecule has 2 aliphatic rings. The molecule has 4 rings (SSSR count). The number of nitrogens with zero attached hydrogens (tertiary/aromatic N) is 3. The molecule has 2 aromatic carbocycles. The van der Waals surface area contributed by atoms with Crippen LogP contribution < -0.4 is 10.5 Å². The number of ether oxygens (including phenoxy) is 1. The predicted molar refractivity (Wildman–Crippen MR) is 111 cm³/mol. The molecule has 1 aliphatic carbocycles. The van der Waals surface area contributed by atoms with Gasteiger partial charge in [0.1, 0.15) is 11.3 Å². The number of alkyl halides is 3. The van der Waals surface area contributed by atoms with E-state index in [0.29, 0.717) is 11.1 Å². The molecule has 1 aliphatic heterocycles. The predicted octanol–water partition coefficient (Wildman–Crippen LogP) is 3.93. The molecule has 9 heteroatoms. The highest BCUT2D eigenvalue weighted by Crippen LogP contribution is 2.49. The lowest BCUT2D eigenvalue weighted by molar-refractivity contribution is -0.274. The summed E-state index contributed by atoms with van der Waals surface area (Å²) in [6.07, 6.45) is -3.27. The third-order valence-electron chi connectivity index (χ3n) is 6.24. The zero-order chi connectivity index (χ0) is 23.3. The second-order valence-electron chi connectivity index (χ2n) is 8.34. The van der Waals surface area contributed by atoms with Crippen LogP contribution >= 0.6 is 0 Å². The van der Waals surface area contributed by atoms with Crippen molar-refractivity contribution in [2.45, 2.75) is 43.0 Å². The van der Waals surface area contributed by atoms with E-state index in [9.17, 15) is 23.2 Å². The Morgan fingerprint density at radius 1 is 1.19 bits per heavy atom. The molecule has 0 bridgehead atoms. The van der Waals surface area contributed by atoms with Gasteiger partial charge in [-0.15, -0.1) is 13.2 Å². The number of hydrogen-bond acceptors (Lipinski definition) is 5. The Hall–Kier alpha value is -3.54. The van der Waals surface area contributed by atoms with E-state index in [1.165, 1.54) is 30.1 Å². The summed E-state index contributed by atoms with van der Waals surface area (Å²) in [5, 5.41) is 9.44. The Labute approximate surface area is 183 Å². The average molecular weight is 442 g/mol. The summed E-state index contributed by atoms with van der Waals surface area (Å²) in [6.45, 7) is 1.66. The fraction of sp³-hybridized carbons (Fsp3) is 0.348. The van der Waals surface area contributed by atoms with Gasteiger partial charge in [0.2, 0.25) is 5.91 Å². The van der Waals surface area contributed by atoms with Gasteiger partial charge in [0.05, 0.1) is 17.4 Å². The van der Waals surface area contributed by atoms with Gasteiger partial charge in [-0.2, -0.15) is 5.26 Å². The molecule has 0 radical (unpaired) electrons. The summed E-state index contributed by atoms with van der Waals surface area (Å²) in [5.41, 5.74) is 6.10. The van der Waals surface area contributed by atoms with Gasteiger partial charge in [0.25, 0.3) is 0 Å². The standard InChI is InChI=1S/C23H21F3N4O2/c1-21(16-4-3-5-17(12-16)32-23(24,25)26)18(19(31)30(2)20(28)29-21)14-6-8-15(9-7-14)22(13-27)10-11-22/h3-9,12,18H,10-11H2,1-2H3,(H2,28,29)/t18-,21-/m1/s1. The Kier molecular flexibility index (Phi) is 4.92. The molecule has 6 nitrogen and oxygen atoms in total. The molecule has 0 saturated heterocycles. The first-order chi connectivity index (χ1) is 15.0. The molecular formula is C23H21F3N4O2. The molecule has 2 atom stereocenters. The number of carbonyl (C=O) groups excluding carboxylic acids is 1. The molecule has 166 valence electrons. The summed E-state index contributed by atoms with van der Waals surface area (Å²) in [4.78, 5) is 19.0. The van der Waals surface area contributed by atoms with Crippen molar-refractivity contribution in [2.24, 2.45) is 10.7 Å². The van der Waals surface area contributed by atoms with Crippen molar-refractivity contribution in [1.29, 1.82) is 5.26 Å². The van der Waals surface area contributed by atoms with Gasteiger partial charge < -0.3 is 10.5 Å². The molecule has 2 aromatic rings. The minimum atomic E-state index is -4.85. The van der Waals surface area contributed by atoms with E-state index in [0.717, 1.165) is 18.4 Å². The van der Waals surface area contributed by atoms with Crippen LogP contribution in [0.5, 0.6) is 5.75 Å². The van der Waals surface area contributed by atoms with Crippen molar-refractivity contribution in [3.63, 3.8) is 0 Å². The van der Waals surface area contributed by atoms with E-state index in [1.807, 2.05) is 12.1 Å². The lowest BCUT2D eigenvalue weighted by atomic mass is 9.74. The minimum absolute atomic E-state index is 0.0334. The Bertz CT molecular complexity index is 1130. The third kappa shape index (κ3) is 3.66. The van der Waals surface area contributed by atoms with Gasteiger partial charge in [0.15, 0.2) is 5.96 Å². The first-order valence-electron chi connectivity index (χ1n) is 10.00. The first kappa shape index (κ1) is 21.7. The number of carbonyl (C=O) groups is 1. The fourth-order valence-electron chi connectivity index (χ4n) is 4.22. The lowest BCUT2D eigenvalue weighted by Gasteiger charge is -2.41. The van der Waals surface area contributed by atoms with Crippen molar-refractivity contribution in [3.8, 4) is 11.8 Å². The van der Waals surface area contributed by atoms with Crippen LogP contribution in [0, 0.1) is 11.3 Å². The van der Waals surface area contributed by atoms with Crippen LogP contribution in [-0.4, -0.2) is 30.2 Å². The van der Waals surface area contributed by atoms with E-state index in [4.69, 9.17) is 5.73 Å². The highest BCUT2D eigenvalue weighted by molar-refractivity contribution is 6.02. The molecule has 2 N–H and O–H groups in total. The molecule has 1 saturated carbocycles. The molecule has 1 amide bonds. The summed E-state index contributed by atoms with van der Waals surface area (Å²) in [5.74, 6) is -1.62. The number of likely N-dealkylation sites (N-methyl/N-ethyl adjacent to an activating group) is 1. The maximum Gasteiger partial charge on any atom is 0.573 e. The number of amides is 1. The highest BCUT2D eigenvalue weighted by atomic mass is 19.4. The smallest absolute Gasteiger partial charge is 0.406 e. The largest absolute Gasteiger partial charge is 0.573 e. The lowest BCUT2D eigenvalue weighted by Crippen LogP contribution is -2.52. The molecule has 1 fully saturated rings. The monoisotopic (exact) mass is 442 g/mol. The van der Waals surface area contributed by atoms with Crippen molar-refractivity contribution >= 4 is 11.9 Å². The number of halogens is 3. The molecule has 0 aromatic heterocycles. The number of aliphatic imine (C=N–C) groups is 1. The molecule has 32 heavy (non-hydrogen) atoms. The Morgan fingerprint density at radius 3 is 2.41 bits per heavy atom. The fourth-order valence-corrected chi connectivity index (χ4v) is 4.22. The van der Waals surface area contributed by atoms with Gasteiger partial charge >= 0.3 is 6.36 Å². The van der Waals surface area contributed by atoms with Crippen LogP contribution in [0.15, 0.2) is 53.5 Å². The van der Waals surface area contributed by atoms with Crippen molar-refractivity contribution in [3.05, 3.63) is 65.2 Å². The average Bonchev–Trinajstić information content (AvgIpc) is 3.53. The van der Waals surface area contributed by atoms with Crippen molar-refractivity contribution < 1.29 is 22.7 Å². The van der Waals surface area contributed by atoms with E-state index < -0.39 is 29.0 Å². The van der Waals surface area contributed by atoms with Crippen molar-refractivity contribution in [2.75, 3.05) is 7.05 Å². The van der Waals surface area contributed by atoms with Crippen LogP contribution in [0.25, 0.3) is 0 Å². The Balaban J connectivity index is 1.79. The van der Waals surface area contributed by atoms with E-state index in [-0.39, 0.29) is 11.9 Å². The zero-order valence-corrected chi connectivity index (χ0v) is 17.5. The number of guanidine groups is 1.